The molecular formula is C16H24NO3S-. The Bertz CT molecular complexity index is 474. The fourth-order valence-corrected chi connectivity index (χ4v) is 2.41. The molecule has 0 amide bonds. The SMILES string of the molecule is CCN(C/C=C\c1ccccc1S(=O)[O-])CCOC(C)C. The molecule has 1 aromatic rings. The highest BCUT2D eigenvalue weighted by Crippen LogP contribution is 2.13. The zero-order valence-electron chi connectivity index (χ0n) is 13.0. The van der Waals surface area contributed by atoms with Gasteiger partial charge in [0.15, 0.2) is 0 Å². The minimum Gasteiger partial charge on any atom is -0.768 e. The predicted octanol–water partition coefficient (Wildman–Crippen LogP) is 2.68. The molecule has 0 bridgehead atoms. The fraction of sp³-hybridized carbons (Fsp3) is 0.500. The highest BCUT2D eigenvalue weighted by Gasteiger charge is 2.02. The van der Waals surface area contributed by atoms with Crippen LogP contribution in [0.15, 0.2) is 35.2 Å². The van der Waals surface area contributed by atoms with Gasteiger partial charge in [-0.3, -0.25) is 9.11 Å². The number of nitrogens with zero attached hydrogens (tertiary/aromatic N) is 1. The first-order valence-electron chi connectivity index (χ1n) is 7.23. The van der Waals surface area contributed by atoms with Gasteiger partial charge in [0.2, 0.25) is 0 Å². The Balaban J connectivity index is 2.54. The topological polar surface area (TPSA) is 52.6 Å². The first-order chi connectivity index (χ1) is 10.0. The van der Waals surface area contributed by atoms with Crippen molar-refractivity contribution in [2.45, 2.75) is 31.8 Å². The van der Waals surface area contributed by atoms with Crippen molar-refractivity contribution in [3.63, 3.8) is 0 Å². The quantitative estimate of drug-likeness (QED) is 0.658. The Hall–Kier alpha value is -1.01. The Morgan fingerprint density at radius 1 is 1.38 bits per heavy atom. The number of rotatable bonds is 9. The standard InChI is InChI=1S/C16H25NO3S/c1-4-17(12-13-20-14(2)3)11-7-9-15-8-5-6-10-16(15)21(18)19/h5-10,14H,4,11-13H2,1-3H3,(H,18,19)/p-1/b9-7-. The van der Waals surface area contributed by atoms with Gasteiger partial charge in [-0.15, -0.1) is 0 Å². The average Bonchev–Trinajstić information content (AvgIpc) is 2.45. The van der Waals surface area contributed by atoms with E-state index in [0.717, 1.165) is 25.2 Å². The maximum atomic E-state index is 11.1. The number of likely N-dealkylation sites (N-methyl/N-ethyl adjacent to an activating group) is 1. The van der Waals surface area contributed by atoms with E-state index in [0.29, 0.717) is 11.5 Å². The molecule has 1 aromatic carbocycles. The van der Waals surface area contributed by atoms with Crippen LogP contribution in [0.2, 0.25) is 0 Å². The summed E-state index contributed by atoms with van der Waals surface area (Å²) >= 11 is -2.20. The van der Waals surface area contributed by atoms with Crippen LogP contribution in [0, 0.1) is 0 Å². The Morgan fingerprint density at radius 2 is 2.10 bits per heavy atom. The van der Waals surface area contributed by atoms with Gasteiger partial charge in [0.25, 0.3) is 0 Å². The predicted molar refractivity (Wildman–Crippen MR) is 85.9 cm³/mol. The first kappa shape index (κ1) is 18.0. The molecule has 0 aliphatic rings. The van der Waals surface area contributed by atoms with E-state index in [4.69, 9.17) is 4.74 Å². The minimum atomic E-state index is -2.20. The Morgan fingerprint density at radius 3 is 2.71 bits per heavy atom. The molecule has 1 unspecified atom stereocenters. The minimum absolute atomic E-state index is 0.248. The molecule has 0 spiro atoms. The smallest absolute Gasteiger partial charge is 0.0597 e. The molecule has 0 N–H and O–H groups in total. The van der Waals surface area contributed by atoms with E-state index in [1.54, 1.807) is 18.2 Å². The van der Waals surface area contributed by atoms with Gasteiger partial charge < -0.3 is 9.29 Å². The van der Waals surface area contributed by atoms with Crippen molar-refractivity contribution in [1.82, 2.24) is 4.90 Å². The summed E-state index contributed by atoms with van der Waals surface area (Å²) < 4.78 is 27.8. The molecule has 21 heavy (non-hydrogen) atoms. The second-order valence-electron chi connectivity index (χ2n) is 4.99. The van der Waals surface area contributed by atoms with Crippen molar-refractivity contribution in [2.24, 2.45) is 0 Å². The van der Waals surface area contributed by atoms with Crippen LogP contribution < -0.4 is 0 Å². The Labute approximate surface area is 130 Å². The van der Waals surface area contributed by atoms with Gasteiger partial charge in [-0.05, 0) is 43.1 Å². The van der Waals surface area contributed by atoms with Gasteiger partial charge in [0.05, 0.1) is 12.7 Å². The van der Waals surface area contributed by atoms with Crippen LogP contribution in [0.25, 0.3) is 6.08 Å². The molecule has 5 heteroatoms. The molecule has 0 aliphatic carbocycles. The third kappa shape index (κ3) is 7.00. The summed E-state index contributed by atoms with van der Waals surface area (Å²) in [7, 11) is 0. The van der Waals surface area contributed by atoms with Crippen molar-refractivity contribution >= 4 is 17.2 Å². The molecule has 1 rings (SSSR count). The van der Waals surface area contributed by atoms with Crippen molar-refractivity contribution in [3.8, 4) is 0 Å². The second kappa shape index (κ2) is 9.84. The number of benzene rings is 1. The normalized spacial score (nSPS) is 13.4. The van der Waals surface area contributed by atoms with Crippen LogP contribution in [0.1, 0.15) is 26.3 Å². The van der Waals surface area contributed by atoms with Crippen LogP contribution in [0.3, 0.4) is 0 Å². The highest BCUT2D eigenvalue weighted by molar-refractivity contribution is 7.79. The van der Waals surface area contributed by atoms with E-state index in [9.17, 15) is 8.76 Å². The maximum Gasteiger partial charge on any atom is 0.0597 e. The zero-order valence-corrected chi connectivity index (χ0v) is 13.8. The third-order valence-corrected chi connectivity index (χ3v) is 3.80. The van der Waals surface area contributed by atoms with Gasteiger partial charge in [-0.2, -0.15) is 0 Å². The van der Waals surface area contributed by atoms with Gasteiger partial charge >= 0.3 is 0 Å². The molecular weight excluding hydrogens is 286 g/mol. The molecule has 0 radical (unpaired) electrons. The molecule has 4 nitrogen and oxygen atoms in total. The molecule has 118 valence electrons. The van der Waals surface area contributed by atoms with E-state index < -0.39 is 11.1 Å². The van der Waals surface area contributed by atoms with Crippen molar-refractivity contribution < 1.29 is 13.5 Å². The van der Waals surface area contributed by atoms with Gasteiger partial charge in [-0.25, -0.2) is 0 Å². The largest absolute Gasteiger partial charge is 0.768 e. The zero-order chi connectivity index (χ0) is 15.7. The lowest BCUT2D eigenvalue weighted by atomic mass is 10.2. The molecule has 0 aromatic heterocycles. The maximum absolute atomic E-state index is 11.1. The van der Waals surface area contributed by atoms with Gasteiger partial charge in [0.1, 0.15) is 0 Å². The molecule has 0 saturated heterocycles. The lowest BCUT2D eigenvalue weighted by molar-refractivity contribution is 0.0622. The van der Waals surface area contributed by atoms with Crippen LogP contribution in [-0.4, -0.2) is 46.0 Å². The average molecular weight is 310 g/mol. The lowest BCUT2D eigenvalue weighted by Gasteiger charge is -2.19. The van der Waals surface area contributed by atoms with E-state index >= 15 is 0 Å². The van der Waals surface area contributed by atoms with E-state index in [1.807, 2.05) is 32.1 Å². The summed E-state index contributed by atoms with van der Waals surface area (Å²) in [4.78, 5) is 2.58. The third-order valence-electron chi connectivity index (χ3n) is 3.07. The summed E-state index contributed by atoms with van der Waals surface area (Å²) in [5, 5.41) is 0. The van der Waals surface area contributed by atoms with Gasteiger partial charge in [-0.1, -0.05) is 37.3 Å². The monoisotopic (exact) mass is 310 g/mol. The van der Waals surface area contributed by atoms with Crippen molar-refractivity contribution in [3.05, 3.63) is 35.9 Å². The number of ether oxygens (including phenoxy) is 1. The molecule has 0 fully saturated rings. The number of hydrogen-bond acceptors (Lipinski definition) is 4. The Kier molecular flexibility index (Phi) is 8.45. The summed E-state index contributed by atoms with van der Waals surface area (Å²) in [6.07, 6.45) is 4.10. The second-order valence-corrected chi connectivity index (χ2v) is 5.90. The van der Waals surface area contributed by atoms with Crippen molar-refractivity contribution in [2.75, 3.05) is 26.2 Å². The van der Waals surface area contributed by atoms with E-state index in [1.165, 1.54) is 0 Å². The van der Waals surface area contributed by atoms with Crippen LogP contribution >= 0.6 is 0 Å². The summed E-state index contributed by atoms with van der Waals surface area (Å²) in [6.45, 7) is 9.43. The first-order valence-corrected chi connectivity index (χ1v) is 8.30. The van der Waals surface area contributed by atoms with Crippen molar-refractivity contribution in [1.29, 1.82) is 0 Å². The fourth-order valence-electron chi connectivity index (χ4n) is 1.89. The molecule has 1 atom stereocenters. The van der Waals surface area contributed by atoms with Gasteiger partial charge in [0, 0.05) is 18.0 Å². The molecule has 0 heterocycles. The molecule has 0 saturated carbocycles. The summed E-state index contributed by atoms with van der Waals surface area (Å²) in [5.74, 6) is 0. The van der Waals surface area contributed by atoms with Crippen LogP contribution in [-0.2, 0) is 15.8 Å². The van der Waals surface area contributed by atoms with E-state index in [2.05, 4.69) is 11.8 Å². The highest BCUT2D eigenvalue weighted by atomic mass is 32.2. The number of hydrogen-bond donors (Lipinski definition) is 0. The lowest BCUT2D eigenvalue weighted by Crippen LogP contribution is -2.28. The summed E-state index contributed by atoms with van der Waals surface area (Å²) in [5.41, 5.74) is 0.723. The van der Waals surface area contributed by atoms with E-state index in [-0.39, 0.29) is 6.10 Å². The van der Waals surface area contributed by atoms with Crippen LogP contribution in [0.4, 0.5) is 0 Å². The molecule has 0 aliphatic heterocycles. The summed E-state index contributed by atoms with van der Waals surface area (Å²) in [6, 6.07) is 6.98. The van der Waals surface area contributed by atoms with Crippen LogP contribution in [0.5, 0.6) is 0 Å².